The maximum absolute atomic E-state index is 12.2. The fraction of sp³-hybridized carbons (Fsp3) is 0.188. The van der Waals surface area contributed by atoms with E-state index in [1.54, 1.807) is 43.8 Å². The summed E-state index contributed by atoms with van der Waals surface area (Å²) in [5.74, 6) is 1.49. The van der Waals surface area contributed by atoms with Crippen LogP contribution in [0, 0.1) is 0 Å². The predicted molar refractivity (Wildman–Crippen MR) is 92.6 cm³/mol. The molecule has 0 atom stereocenters. The van der Waals surface area contributed by atoms with Gasteiger partial charge in [-0.3, -0.25) is 9.78 Å². The van der Waals surface area contributed by atoms with Crippen molar-refractivity contribution < 1.29 is 9.47 Å². The van der Waals surface area contributed by atoms with Crippen LogP contribution in [0.3, 0.4) is 0 Å². The number of nitrogens with zero attached hydrogens (tertiary/aromatic N) is 2. The zero-order chi connectivity index (χ0) is 16.9. The third kappa shape index (κ3) is 3.54. The van der Waals surface area contributed by atoms with Crippen LogP contribution in [0.4, 0.5) is 11.6 Å². The van der Waals surface area contributed by atoms with Crippen molar-refractivity contribution in [1.29, 1.82) is 0 Å². The first kappa shape index (κ1) is 16.0. The van der Waals surface area contributed by atoms with E-state index in [2.05, 4.69) is 20.5 Å². The summed E-state index contributed by atoms with van der Waals surface area (Å²) >= 11 is 1.58. The Bertz CT molecular complexity index is 877. The minimum Gasteiger partial charge on any atom is -0.497 e. The lowest BCUT2D eigenvalue weighted by Crippen LogP contribution is -2.18. The van der Waals surface area contributed by atoms with Gasteiger partial charge in [-0.05, 0) is 23.6 Å². The van der Waals surface area contributed by atoms with Gasteiger partial charge in [0.25, 0.3) is 5.56 Å². The maximum atomic E-state index is 12.2. The molecule has 3 rings (SSSR count). The van der Waals surface area contributed by atoms with E-state index in [1.165, 1.54) is 0 Å². The molecule has 0 aliphatic rings. The quantitative estimate of drug-likeness (QED) is 0.714. The van der Waals surface area contributed by atoms with Crippen LogP contribution in [0.2, 0.25) is 0 Å². The molecule has 0 saturated heterocycles. The molecule has 2 N–H and O–H groups in total. The number of aromatic amines is 1. The third-order valence-electron chi connectivity index (χ3n) is 3.35. The number of thiophene rings is 1. The second-order valence-corrected chi connectivity index (χ2v) is 5.93. The number of ether oxygens (including phenoxy) is 2. The molecule has 3 aromatic rings. The number of rotatable bonds is 6. The minimum atomic E-state index is -0.275. The fourth-order valence-electron chi connectivity index (χ4n) is 2.15. The summed E-state index contributed by atoms with van der Waals surface area (Å²) in [6.45, 7) is 0. The highest BCUT2D eigenvalue weighted by atomic mass is 32.1. The number of methoxy groups -OCH3 is 2. The maximum Gasteiger partial charge on any atom is 0.274 e. The molecule has 7 nitrogen and oxygen atoms in total. The normalized spacial score (nSPS) is 10.4. The van der Waals surface area contributed by atoms with Crippen LogP contribution in [-0.2, 0) is 6.42 Å². The Morgan fingerprint density at radius 3 is 2.75 bits per heavy atom. The van der Waals surface area contributed by atoms with Crippen LogP contribution >= 0.6 is 11.3 Å². The number of H-pyrrole nitrogens is 1. The molecule has 0 aliphatic carbocycles. The molecular weight excluding hydrogens is 328 g/mol. The van der Waals surface area contributed by atoms with Gasteiger partial charge >= 0.3 is 0 Å². The summed E-state index contributed by atoms with van der Waals surface area (Å²) in [7, 11) is 3.14. The van der Waals surface area contributed by atoms with Crippen LogP contribution in [0.15, 0.2) is 40.5 Å². The summed E-state index contributed by atoms with van der Waals surface area (Å²) in [6.07, 6.45) is 0.461. The first-order chi connectivity index (χ1) is 11.7. The summed E-state index contributed by atoms with van der Waals surface area (Å²) in [6, 6.07) is 9.19. The van der Waals surface area contributed by atoms with Crippen LogP contribution in [-0.4, -0.2) is 29.4 Å². The van der Waals surface area contributed by atoms with Crippen LogP contribution in [0.1, 0.15) is 10.6 Å². The highest BCUT2D eigenvalue weighted by Crippen LogP contribution is 2.30. The van der Waals surface area contributed by atoms with Crippen molar-refractivity contribution in [3.8, 4) is 11.5 Å². The molecule has 0 spiro atoms. The number of anilines is 2. The van der Waals surface area contributed by atoms with Crippen molar-refractivity contribution in [2.45, 2.75) is 6.42 Å². The van der Waals surface area contributed by atoms with Crippen LogP contribution < -0.4 is 20.3 Å². The molecular formula is C16H16N4O3S. The fourth-order valence-corrected chi connectivity index (χ4v) is 2.86. The smallest absolute Gasteiger partial charge is 0.274 e. The molecule has 0 unspecified atom stereocenters. The highest BCUT2D eigenvalue weighted by Gasteiger charge is 2.10. The van der Waals surface area contributed by atoms with Crippen molar-refractivity contribution in [3.05, 3.63) is 56.6 Å². The van der Waals surface area contributed by atoms with Crippen LogP contribution in [0.25, 0.3) is 0 Å². The van der Waals surface area contributed by atoms with Crippen molar-refractivity contribution >= 4 is 23.0 Å². The van der Waals surface area contributed by atoms with E-state index >= 15 is 0 Å². The molecule has 2 heterocycles. The van der Waals surface area contributed by atoms with Gasteiger partial charge in [-0.25, -0.2) is 0 Å². The van der Waals surface area contributed by atoms with Gasteiger partial charge in [0.05, 0.1) is 19.9 Å². The monoisotopic (exact) mass is 344 g/mol. The van der Waals surface area contributed by atoms with Gasteiger partial charge in [0.2, 0.25) is 5.95 Å². The lowest BCUT2D eigenvalue weighted by atomic mass is 10.2. The third-order valence-corrected chi connectivity index (χ3v) is 4.22. The molecule has 1 aromatic carbocycles. The summed E-state index contributed by atoms with van der Waals surface area (Å²) in [5, 5.41) is 13.0. The number of hydrogen-bond acceptors (Lipinski definition) is 7. The van der Waals surface area contributed by atoms with E-state index < -0.39 is 0 Å². The largest absolute Gasteiger partial charge is 0.497 e. The average molecular weight is 344 g/mol. The van der Waals surface area contributed by atoms with Crippen molar-refractivity contribution in [3.63, 3.8) is 0 Å². The van der Waals surface area contributed by atoms with Gasteiger partial charge < -0.3 is 14.8 Å². The standard InChI is InChI=1S/C16H16N4O3S/c1-22-10-5-6-14(23-2)12(8-10)17-16-18-15(21)13(19-20-16)9-11-4-3-7-24-11/h3-8H,9H2,1-2H3,(H2,17,18,20,21). The Hall–Kier alpha value is -2.87. The molecule has 24 heavy (non-hydrogen) atoms. The molecule has 124 valence electrons. The van der Waals surface area contributed by atoms with E-state index in [9.17, 15) is 4.79 Å². The molecule has 0 saturated carbocycles. The Morgan fingerprint density at radius 2 is 2.08 bits per heavy atom. The Morgan fingerprint density at radius 1 is 1.21 bits per heavy atom. The molecule has 0 radical (unpaired) electrons. The van der Waals surface area contributed by atoms with Gasteiger partial charge in [-0.15, -0.1) is 21.5 Å². The molecule has 2 aromatic heterocycles. The minimum absolute atomic E-state index is 0.237. The summed E-state index contributed by atoms with van der Waals surface area (Å²) in [4.78, 5) is 15.9. The Kier molecular flexibility index (Phi) is 4.76. The van der Waals surface area contributed by atoms with E-state index in [-0.39, 0.29) is 11.5 Å². The lowest BCUT2D eigenvalue weighted by molar-refractivity contribution is 0.404. The summed E-state index contributed by atoms with van der Waals surface area (Å²) in [5.41, 5.74) is 0.719. The highest BCUT2D eigenvalue weighted by molar-refractivity contribution is 7.09. The van der Waals surface area contributed by atoms with E-state index in [1.807, 2.05) is 17.5 Å². The number of benzene rings is 1. The average Bonchev–Trinajstić information content (AvgIpc) is 3.10. The zero-order valence-corrected chi connectivity index (χ0v) is 14.0. The van der Waals surface area contributed by atoms with E-state index in [4.69, 9.17) is 9.47 Å². The van der Waals surface area contributed by atoms with Gasteiger partial charge in [0, 0.05) is 17.4 Å². The number of nitrogens with one attached hydrogen (secondary N) is 2. The first-order valence-corrected chi connectivity index (χ1v) is 8.05. The van der Waals surface area contributed by atoms with Gasteiger partial charge in [-0.2, -0.15) is 0 Å². The second-order valence-electron chi connectivity index (χ2n) is 4.90. The molecule has 0 aliphatic heterocycles. The topological polar surface area (TPSA) is 89.1 Å². The number of aromatic nitrogens is 3. The van der Waals surface area contributed by atoms with Crippen molar-refractivity contribution in [1.82, 2.24) is 15.2 Å². The van der Waals surface area contributed by atoms with Crippen LogP contribution in [0.5, 0.6) is 11.5 Å². The van der Waals surface area contributed by atoms with Gasteiger partial charge in [0.15, 0.2) is 0 Å². The van der Waals surface area contributed by atoms with Gasteiger partial charge in [-0.1, -0.05) is 6.07 Å². The van der Waals surface area contributed by atoms with E-state index in [0.29, 0.717) is 29.3 Å². The Labute approximate surface area is 142 Å². The lowest BCUT2D eigenvalue weighted by Gasteiger charge is -2.11. The predicted octanol–water partition coefficient (Wildman–Crippen LogP) is 2.58. The summed E-state index contributed by atoms with van der Waals surface area (Å²) < 4.78 is 10.5. The SMILES string of the molecule is COc1ccc(OC)c(Nc2nnc(Cc3cccs3)c(=O)[nH]2)c1. The van der Waals surface area contributed by atoms with Gasteiger partial charge in [0.1, 0.15) is 17.2 Å². The molecule has 0 amide bonds. The van der Waals surface area contributed by atoms with Crippen molar-refractivity contribution in [2.24, 2.45) is 0 Å². The number of hydrogen-bond donors (Lipinski definition) is 2. The van der Waals surface area contributed by atoms with E-state index in [0.717, 1.165) is 4.88 Å². The molecule has 8 heteroatoms. The molecule has 0 fully saturated rings. The first-order valence-electron chi connectivity index (χ1n) is 7.17. The molecule has 0 bridgehead atoms. The second kappa shape index (κ2) is 7.14. The zero-order valence-electron chi connectivity index (χ0n) is 13.2. The Balaban J connectivity index is 1.83. The van der Waals surface area contributed by atoms with Crippen molar-refractivity contribution in [2.75, 3.05) is 19.5 Å².